The Kier molecular flexibility index (Phi) is 5.41. The van der Waals surface area contributed by atoms with E-state index in [1.165, 1.54) is 0 Å². The highest BCUT2D eigenvalue weighted by atomic mass is 16.6. The summed E-state index contributed by atoms with van der Waals surface area (Å²) in [6, 6.07) is -0.636. The van der Waals surface area contributed by atoms with Crippen LogP contribution in [0.15, 0.2) is 0 Å². The van der Waals surface area contributed by atoms with Gasteiger partial charge in [0.25, 0.3) is 5.91 Å². The van der Waals surface area contributed by atoms with E-state index < -0.39 is 53.5 Å². The number of esters is 2. The van der Waals surface area contributed by atoms with E-state index in [4.69, 9.17) is 9.47 Å². The van der Waals surface area contributed by atoms with Crippen molar-refractivity contribution in [3.05, 3.63) is 0 Å². The zero-order valence-electron chi connectivity index (χ0n) is 17.8. The van der Waals surface area contributed by atoms with Gasteiger partial charge in [0.2, 0.25) is 0 Å². The van der Waals surface area contributed by atoms with Crippen LogP contribution in [0.2, 0.25) is 0 Å². The molecule has 0 aromatic heterocycles. The highest BCUT2D eigenvalue weighted by molar-refractivity contribution is 5.93. The molecular formula is C22H31NO7. The van der Waals surface area contributed by atoms with Gasteiger partial charge in [-0.25, -0.2) is 0 Å². The molecule has 1 N–H and O–H groups in total. The monoisotopic (exact) mass is 421 g/mol. The van der Waals surface area contributed by atoms with Crippen molar-refractivity contribution in [2.45, 2.75) is 83.1 Å². The SMILES string of the molecule is CC[C@H]1[C@@H]2OC(=O)[C@@H](C)[C@H]2C(=O)C[C@@H]([C@@H]2C[C@H](C)C(=O)O2)N2CCCC[C@]1(O)C2=O. The largest absolute Gasteiger partial charge is 0.461 e. The number of aliphatic hydroxyl groups is 1. The molecule has 8 heteroatoms. The van der Waals surface area contributed by atoms with Crippen LogP contribution in [0.4, 0.5) is 0 Å². The molecule has 4 rings (SSSR count). The van der Waals surface area contributed by atoms with Crippen LogP contribution in [0.1, 0.15) is 59.3 Å². The molecule has 166 valence electrons. The fourth-order valence-electron chi connectivity index (χ4n) is 5.95. The van der Waals surface area contributed by atoms with Crippen molar-refractivity contribution in [3.63, 3.8) is 0 Å². The molecular weight excluding hydrogens is 390 g/mol. The van der Waals surface area contributed by atoms with Gasteiger partial charge < -0.3 is 19.5 Å². The number of hydrogen-bond donors (Lipinski definition) is 1. The number of cyclic esters (lactones) is 1. The topological polar surface area (TPSA) is 110 Å². The Morgan fingerprint density at radius 2 is 1.83 bits per heavy atom. The second kappa shape index (κ2) is 7.62. The second-order valence-electron chi connectivity index (χ2n) is 9.46. The molecule has 2 bridgehead atoms. The van der Waals surface area contributed by atoms with E-state index in [1.807, 2.05) is 6.92 Å². The Labute approximate surface area is 176 Å². The smallest absolute Gasteiger partial charge is 0.309 e. The molecule has 8 nitrogen and oxygen atoms in total. The fourth-order valence-corrected chi connectivity index (χ4v) is 5.95. The summed E-state index contributed by atoms with van der Waals surface area (Å²) >= 11 is 0. The first-order valence-electron chi connectivity index (χ1n) is 11.2. The van der Waals surface area contributed by atoms with Crippen molar-refractivity contribution in [1.29, 1.82) is 0 Å². The van der Waals surface area contributed by atoms with Crippen molar-refractivity contribution in [2.75, 3.05) is 6.54 Å². The minimum absolute atomic E-state index is 0.00886. The van der Waals surface area contributed by atoms with Crippen LogP contribution < -0.4 is 0 Å². The molecule has 0 aliphatic carbocycles. The van der Waals surface area contributed by atoms with Crippen LogP contribution in [0.3, 0.4) is 0 Å². The predicted molar refractivity (Wildman–Crippen MR) is 104 cm³/mol. The maximum Gasteiger partial charge on any atom is 0.309 e. The number of carbonyl (C=O) groups is 4. The van der Waals surface area contributed by atoms with Crippen LogP contribution >= 0.6 is 0 Å². The van der Waals surface area contributed by atoms with E-state index >= 15 is 0 Å². The van der Waals surface area contributed by atoms with E-state index in [2.05, 4.69) is 0 Å². The van der Waals surface area contributed by atoms with Gasteiger partial charge in [-0.15, -0.1) is 0 Å². The molecule has 0 unspecified atom stereocenters. The van der Waals surface area contributed by atoms with E-state index in [0.29, 0.717) is 32.2 Å². The van der Waals surface area contributed by atoms with Gasteiger partial charge in [-0.3, -0.25) is 19.2 Å². The highest BCUT2D eigenvalue weighted by Gasteiger charge is 2.60. The summed E-state index contributed by atoms with van der Waals surface area (Å²) in [6.07, 6.45) is 1.02. The first-order chi connectivity index (χ1) is 14.2. The molecule has 0 radical (unpaired) electrons. The quantitative estimate of drug-likeness (QED) is 0.668. The first kappa shape index (κ1) is 21.3. The summed E-state index contributed by atoms with van der Waals surface area (Å²) < 4.78 is 11.2. The van der Waals surface area contributed by atoms with Gasteiger partial charge in [0, 0.05) is 18.9 Å². The summed E-state index contributed by atoms with van der Waals surface area (Å²) in [5.74, 6) is -3.69. The van der Waals surface area contributed by atoms with E-state index in [0.717, 1.165) is 0 Å². The lowest BCUT2D eigenvalue weighted by atomic mass is 9.72. The van der Waals surface area contributed by atoms with E-state index in [9.17, 15) is 24.3 Å². The second-order valence-corrected chi connectivity index (χ2v) is 9.46. The summed E-state index contributed by atoms with van der Waals surface area (Å²) in [4.78, 5) is 53.2. The lowest BCUT2D eigenvalue weighted by molar-refractivity contribution is -0.172. The average molecular weight is 421 g/mol. The van der Waals surface area contributed by atoms with E-state index in [1.54, 1.807) is 18.7 Å². The Hall–Kier alpha value is -1.96. The predicted octanol–water partition coefficient (Wildman–Crippen LogP) is 1.23. The number of fused-ring (bicyclic) bond motifs is 3. The molecule has 4 heterocycles. The van der Waals surface area contributed by atoms with Crippen molar-refractivity contribution >= 4 is 23.6 Å². The van der Waals surface area contributed by atoms with Gasteiger partial charge >= 0.3 is 11.9 Å². The van der Waals surface area contributed by atoms with E-state index in [-0.39, 0.29) is 30.5 Å². The number of ketones is 1. The fraction of sp³-hybridized carbons (Fsp3) is 0.818. The van der Waals surface area contributed by atoms with Gasteiger partial charge in [-0.2, -0.15) is 0 Å². The molecule has 0 aromatic carbocycles. The molecule has 0 spiro atoms. The van der Waals surface area contributed by atoms with Crippen molar-refractivity contribution in [3.8, 4) is 0 Å². The summed E-state index contributed by atoms with van der Waals surface area (Å²) in [7, 11) is 0. The van der Waals surface area contributed by atoms with Crippen LogP contribution in [-0.2, 0) is 28.7 Å². The van der Waals surface area contributed by atoms with Crippen molar-refractivity contribution < 1.29 is 33.8 Å². The molecule has 1 amide bonds. The standard InChI is InChI=1S/C22H31NO7/c1-4-13-18-17(12(3)20(26)30-18)15(24)10-14(16-9-11(2)19(25)29-16)23-8-6-5-7-22(13,28)21(23)27/h11-14,16-18,28H,4-10H2,1-3H3/t11-,12-,13-,14-,16-,17-,18-,22+/m0/s1. The van der Waals surface area contributed by atoms with Crippen molar-refractivity contribution in [2.24, 2.45) is 23.7 Å². The minimum atomic E-state index is -1.71. The van der Waals surface area contributed by atoms with Gasteiger partial charge in [0.05, 0.1) is 23.8 Å². The Morgan fingerprint density at radius 1 is 1.10 bits per heavy atom. The van der Waals surface area contributed by atoms with Crippen LogP contribution in [0, 0.1) is 23.7 Å². The Balaban J connectivity index is 1.81. The molecule has 4 fully saturated rings. The molecule has 30 heavy (non-hydrogen) atoms. The average Bonchev–Trinajstić information content (AvgIpc) is 3.13. The molecule has 4 aliphatic rings. The number of nitrogens with zero attached hydrogens (tertiary/aromatic N) is 1. The van der Waals surface area contributed by atoms with Crippen molar-refractivity contribution in [1.82, 2.24) is 4.90 Å². The number of ether oxygens (including phenoxy) is 2. The van der Waals surface area contributed by atoms with Gasteiger partial charge in [0.15, 0.2) is 0 Å². The zero-order chi connectivity index (χ0) is 21.8. The van der Waals surface area contributed by atoms with Crippen LogP contribution in [-0.4, -0.2) is 64.0 Å². The molecule has 0 saturated carbocycles. The summed E-state index contributed by atoms with van der Waals surface area (Å²) in [5, 5.41) is 11.7. The van der Waals surface area contributed by atoms with Crippen LogP contribution in [0.25, 0.3) is 0 Å². The third-order valence-corrected chi connectivity index (χ3v) is 7.67. The highest BCUT2D eigenvalue weighted by Crippen LogP contribution is 2.45. The summed E-state index contributed by atoms with van der Waals surface area (Å²) in [5.41, 5.74) is -1.71. The Morgan fingerprint density at radius 3 is 2.47 bits per heavy atom. The molecule has 4 saturated heterocycles. The zero-order valence-corrected chi connectivity index (χ0v) is 17.8. The number of Topliss-reactive ketones (excluding diaryl/α,β-unsaturated/α-hetero) is 1. The van der Waals surface area contributed by atoms with Gasteiger partial charge in [0.1, 0.15) is 23.6 Å². The maximum atomic E-state index is 13.7. The van der Waals surface area contributed by atoms with Gasteiger partial charge in [-0.05, 0) is 32.1 Å². The van der Waals surface area contributed by atoms with Crippen LogP contribution in [0.5, 0.6) is 0 Å². The first-order valence-corrected chi connectivity index (χ1v) is 11.2. The third kappa shape index (κ3) is 3.15. The summed E-state index contributed by atoms with van der Waals surface area (Å²) in [6.45, 7) is 5.70. The number of carbonyl (C=O) groups excluding carboxylic acids is 4. The molecule has 8 atom stereocenters. The third-order valence-electron chi connectivity index (χ3n) is 7.67. The molecule has 0 aromatic rings. The lowest BCUT2D eigenvalue weighted by Gasteiger charge is -2.41. The Bertz CT molecular complexity index is 767. The maximum absolute atomic E-state index is 13.7. The number of amides is 1. The van der Waals surface area contributed by atoms with Gasteiger partial charge in [-0.1, -0.05) is 20.8 Å². The lowest BCUT2D eigenvalue weighted by Crippen LogP contribution is -2.58. The number of rotatable bonds is 2. The number of hydrogen-bond acceptors (Lipinski definition) is 7. The molecule has 4 aliphatic heterocycles. The minimum Gasteiger partial charge on any atom is -0.461 e. The normalized spacial score (nSPS) is 44.5.